The van der Waals surface area contributed by atoms with Crippen molar-refractivity contribution in [2.75, 3.05) is 18.5 Å². The second-order valence-corrected chi connectivity index (χ2v) is 8.69. The molecule has 1 aromatic heterocycles. The summed E-state index contributed by atoms with van der Waals surface area (Å²) in [5.74, 6) is -0.150. The van der Waals surface area contributed by atoms with Crippen molar-refractivity contribution >= 4 is 21.6 Å². The zero-order valence-corrected chi connectivity index (χ0v) is 15.6. The Morgan fingerprint density at radius 1 is 1.26 bits per heavy atom. The number of nitrogens with one attached hydrogen (secondary N) is 1. The fraction of sp³-hybridized carbons (Fsp3) is 0.368. The van der Waals surface area contributed by atoms with Gasteiger partial charge >= 0.3 is 0 Å². The maximum Gasteiger partial charge on any atom is 0.253 e. The molecule has 8 heteroatoms. The number of hydrogen-bond acceptors (Lipinski definition) is 5. The third kappa shape index (κ3) is 3.73. The molecule has 1 aromatic carbocycles. The van der Waals surface area contributed by atoms with Gasteiger partial charge in [0, 0.05) is 37.8 Å². The van der Waals surface area contributed by atoms with Crippen molar-refractivity contribution < 1.29 is 17.9 Å². The lowest BCUT2D eigenvalue weighted by molar-refractivity contribution is -0.124. The first-order chi connectivity index (χ1) is 13.0. The molecule has 2 aromatic rings. The van der Waals surface area contributed by atoms with E-state index in [1.165, 1.54) is 10.5 Å². The first-order valence-corrected chi connectivity index (χ1v) is 10.4. The van der Waals surface area contributed by atoms with Crippen LogP contribution in [0.1, 0.15) is 24.0 Å². The zero-order chi connectivity index (χ0) is 18.9. The normalized spacial score (nSPS) is 20.2. The zero-order valence-electron chi connectivity index (χ0n) is 14.8. The Morgan fingerprint density at radius 3 is 2.89 bits per heavy atom. The van der Waals surface area contributed by atoms with Gasteiger partial charge in [-0.3, -0.25) is 9.78 Å². The number of anilines is 1. The standard InChI is InChI=1S/C19H21N3O4S/c23-19(18-4-2-10-26-18)21-16-6-5-14-7-9-22(13-15(14)11-16)27(24,25)17-3-1-8-20-12-17/h1,3,5-6,8,11-12,18H,2,4,7,9-10,13H2,(H,21,23). The highest BCUT2D eigenvalue weighted by Crippen LogP contribution is 2.27. The third-order valence-corrected chi connectivity index (χ3v) is 6.77. The highest BCUT2D eigenvalue weighted by Gasteiger charge is 2.29. The van der Waals surface area contributed by atoms with Crippen molar-refractivity contribution in [1.82, 2.24) is 9.29 Å². The second kappa shape index (κ2) is 7.38. The predicted molar refractivity (Wildman–Crippen MR) is 99.6 cm³/mol. The number of pyridine rings is 1. The molecule has 0 radical (unpaired) electrons. The summed E-state index contributed by atoms with van der Waals surface area (Å²) in [5, 5.41) is 2.88. The molecule has 0 spiro atoms. The van der Waals surface area contributed by atoms with E-state index in [0.717, 1.165) is 24.0 Å². The molecule has 0 saturated carbocycles. The number of carbonyl (C=O) groups is 1. The second-order valence-electron chi connectivity index (χ2n) is 6.75. The minimum Gasteiger partial charge on any atom is -0.368 e. The number of ether oxygens (including phenoxy) is 1. The molecule has 2 aliphatic rings. The topological polar surface area (TPSA) is 88.6 Å². The molecule has 0 aliphatic carbocycles. The van der Waals surface area contributed by atoms with E-state index in [2.05, 4.69) is 10.3 Å². The largest absolute Gasteiger partial charge is 0.368 e. The van der Waals surface area contributed by atoms with Gasteiger partial charge in [-0.15, -0.1) is 0 Å². The Morgan fingerprint density at radius 2 is 2.15 bits per heavy atom. The van der Waals surface area contributed by atoms with Gasteiger partial charge in [0.25, 0.3) is 5.91 Å². The lowest BCUT2D eigenvalue weighted by atomic mass is 10.0. The molecule has 1 N–H and O–H groups in total. The van der Waals surface area contributed by atoms with Crippen molar-refractivity contribution in [2.24, 2.45) is 0 Å². The van der Waals surface area contributed by atoms with Crippen LogP contribution in [-0.4, -0.2) is 42.9 Å². The average Bonchev–Trinajstić information content (AvgIpc) is 3.23. The van der Waals surface area contributed by atoms with Crippen LogP contribution in [0.25, 0.3) is 0 Å². The summed E-state index contributed by atoms with van der Waals surface area (Å²) in [4.78, 5) is 16.3. The number of fused-ring (bicyclic) bond motifs is 1. The number of aromatic nitrogens is 1. The molecular formula is C19H21N3O4S. The smallest absolute Gasteiger partial charge is 0.253 e. The van der Waals surface area contributed by atoms with Crippen LogP contribution in [-0.2, 0) is 32.5 Å². The Bertz CT molecular complexity index is 941. The van der Waals surface area contributed by atoms with E-state index >= 15 is 0 Å². The lowest BCUT2D eigenvalue weighted by Gasteiger charge is -2.28. The van der Waals surface area contributed by atoms with Crippen LogP contribution in [0.15, 0.2) is 47.6 Å². The van der Waals surface area contributed by atoms with E-state index < -0.39 is 16.1 Å². The molecule has 1 fully saturated rings. The van der Waals surface area contributed by atoms with E-state index in [-0.39, 0.29) is 17.3 Å². The number of nitrogens with zero attached hydrogens (tertiary/aromatic N) is 2. The van der Waals surface area contributed by atoms with Gasteiger partial charge in [0.05, 0.1) is 0 Å². The summed E-state index contributed by atoms with van der Waals surface area (Å²) in [7, 11) is -3.59. The van der Waals surface area contributed by atoms with Gasteiger partial charge in [-0.25, -0.2) is 8.42 Å². The van der Waals surface area contributed by atoms with Crippen LogP contribution >= 0.6 is 0 Å². The van der Waals surface area contributed by atoms with Gasteiger partial charge in [0.15, 0.2) is 0 Å². The van der Waals surface area contributed by atoms with Crippen molar-refractivity contribution in [3.05, 3.63) is 53.9 Å². The molecule has 1 amide bonds. The molecule has 2 aliphatic heterocycles. The van der Waals surface area contributed by atoms with Crippen molar-refractivity contribution in [3.8, 4) is 0 Å². The van der Waals surface area contributed by atoms with Gasteiger partial charge < -0.3 is 10.1 Å². The molecule has 142 valence electrons. The highest BCUT2D eigenvalue weighted by molar-refractivity contribution is 7.89. The molecule has 27 heavy (non-hydrogen) atoms. The fourth-order valence-electron chi connectivity index (χ4n) is 3.47. The lowest BCUT2D eigenvalue weighted by Crippen LogP contribution is -2.36. The number of carbonyl (C=O) groups excluding carboxylic acids is 1. The number of sulfonamides is 1. The van der Waals surface area contributed by atoms with Gasteiger partial charge in [-0.1, -0.05) is 6.07 Å². The van der Waals surface area contributed by atoms with Crippen LogP contribution in [0.2, 0.25) is 0 Å². The van der Waals surface area contributed by atoms with Gasteiger partial charge in [-0.05, 0) is 54.7 Å². The number of benzene rings is 1. The van der Waals surface area contributed by atoms with E-state index in [4.69, 9.17) is 4.74 Å². The van der Waals surface area contributed by atoms with Gasteiger partial charge in [0.2, 0.25) is 10.0 Å². The Kier molecular flexibility index (Phi) is 4.94. The monoisotopic (exact) mass is 387 g/mol. The SMILES string of the molecule is O=C(Nc1ccc2c(c1)CN(S(=O)(=O)c1cccnc1)CC2)C1CCCO1. The van der Waals surface area contributed by atoms with Crippen LogP contribution < -0.4 is 5.32 Å². The Balaban J connectivity index is 1.52. The van der Waals surface area contributed by atoms with Crippen LogP contribution in [0.5, 0.6) is 0 Å². The van der Waals surface area contributed by atoms with Crippen LogP contribution in [0, 0.1) is 0 Å². The molecule has 0 bridgehead atoms. The maximum absolute atomic E-state index is 12.8. The number of rotatable bonds is 4. The summed E-state index contributed by atoms with van der Waals surface area (Å²) in [5.41, 5.74) is 2.66. The summed E-state index contributed by atoms with van der Waals surface area (Å²) < 4.78 is 32.5. The summed E-state index contributed by atoms with van der Waals surface area (Å²) in [6.07, 6.45) is 4.77. The number of amides is 1. The molecule has 1 atom stereocenters. The third-order valence-electron chi connectivity index (χ3n) is 4.95. The van der Waals surface area contributed by atoms with Crippen LogP contribution in [0.4, 0.5) is 5.69 Å². The van der Waals surface area contributed by atoms with Crippen molar-refractivity contribution in [3.63, 3.8) is 0 Å². The van der Waals surface area contributed by atoms with E-state index in [1.807, 2.05) is 18.2 Å². The van der Waals surface area contributed by atoms with Crippen molar-refractivity contribution in [1.29, 1.82) is 0 Å². The average molecular weight is 387 g/mol. The van der Waals surface area contributed by atoms with Crippen LogP contribution in [0.3, 0.4) is 0 Å². The Labute approximate surface area is 158 Å². The quantitative estimate of drug-likeness (QED) is 0.866. The van der Waals surface area contributed by atoms with Gasteiger partial charge in [0.1, 0.15) is 11.0 Å². The number of hydrogen-bond donors (Lipinski definition) is 1. The minimum atomic E-state index is -3.59. The summed E-state index contributed by atoms with van der Waals surface area (Å²) in [6.45, 7) is 1.31. The molecule has 1 unspecified atom stereocenters. The summed E-state index contributed by atoms with van der Waals surface area (Å²) >= 11 is 0. The van der Waals surface area contributed by atoms with E-state index in [1.54, 1.807) is 18.3 Å². The predicted octanol–water partition coefficient (Wildman–Crippen LogP) is 1.95. The molecule has 4 rings (SSSR count). The highest BCUT2D eigenvalue weighted by atomic mass is 32.2. The van der Waals surface area contributed by atoms with Gasteiger partial charge in [-0.2, -0.15) is 4.31 Å². The molecule has 7 nitrogen and oxygen atoms in total. The van der Waals surface area contributed by atoms with E-state index in [9.17, 15) is 13.2 Å². The maximum atomic E-state index is 12.8. The summed E-state index contributed by atoms with van der Waals surface area (Å²) in [6, 6.07) is 8.83. The first-order valence-electron chi connectivity index (χ1n) is 8.98. The molecule has 1 saturated heterocycles. The Hall–Kier alpha value is -2.29. The van der Waals surface area contributed by atoms with Crippen molar-refractivity contribution in [2.45, 2.75) is 36.8 Å². The fourth-order valence-corrected chi connectivity index (χ4v) is 4.85. The minimum absolute atomic E-state index is 0.150. The van der Waals surface area contributed by atoms with E-state index in [0.29, 0.717) is 25.3 Å². The molecule has 3 heterocycles. The molecular weight excluding hydrogens is 366 g/mol. The first kappa shape index (κ1) is 18.1.